The van der Waals surface area contributed by atoms with Crippen LogP contribution in [0.5, 0.6) is 0 Å². The fourth-order valence-corrected chi connectivity index (χ4v) is 3.10. The SMILES string of the molecule is CC[C@@H](C)c1ccccc1NC(=O)COC(=O)c1nn(C)c(=O)c2ccccc12. The molecular formula is C22H23N3O4. The maximum atomic E-state index is 12.5. The van der Waals surface area contributed by atoms with Gasteiger partial charge in [-0.15, -0.1) is 0 Å². The lowest BCUT2D eigenvalue weighted by atomic mass is 9.97. The second-order valence-corrected chi connectivity index (χ2v) is 6.84. The molecule has 150 valence electrons. The molecule has 2 aromatic carbocycles. The largest absolute Gasteiger partial charge is 0.451 e. The highest BCUT2D eigenvalue weighted by atomic mass is 16.5. The van der Waals surface area contributed by atoms with Gasteiger partial charge in [0.15, 0.2) is 12.3 Å². The van der Waals surface area contributed by atoms with Gasteiger partial charge in [0.05, 0.1) is 5.39 Å². The highest BCUT2D eigenvalue weighted by Crippen LogP contribution is 2.26. The molecule has 1 aromatic heterocycles. The first-order chi connectivity index (χ1) is 13.9. The highest BCUT2D eigenvalue weighted by molar-refractivity contribution is 6.03. The molecule has 0 bridgehead atoms. The number of nitrogens with zero attached hydrogens (tertiary/aromatic N) is 2. The van der Waals surface area contributed by atoms with Gasteiger partial charge in [0.25, 0.3) is 11.5 Å². The minimum atomic E-state index is -0.762. The van der Waals surface area contributed by atoms with Crippen LogP contribution >= 0.6 is 0 Å². The zero-order valence-corrected chi connectivity index (χ0v) is 16.6. The van der Waals surface area contributed by atoms with Crippen LogP contribution < -0.4 is 10.9 Å². The molecule has 7 heteroatoms. The summed E-state index contributed by atoms with van der Waals surface area (Å²) in [7, 11) is 1.46. The number of anilines is 1. The molecule has 0 fully saturated rings. The molecule has 0 aliphatic rings. The van der Waals surface area contributed by atoms with Crippen molar-refractivity contribution < 1.29 is 14.3 Å². The molecule has 29 heavy (non-hydrogen) atoms. The molecule has 0 unspecified atom stereocenters. The van der Waals surface area contributed by atoms with Gasteiger partial charge in [-0.1, -0.05) is 50.2 Å². The number of esters is 1. The lowest BCUT2D eigenvalue weighted by Crippen LogP contribution is -2.26. The van der Waals surface area contributed by atoms with Gasteiger partial charge >= 0.3 is 5.97 Å². The van der Waals surface area contributed by atoms with Crippen LogP contribution in [0, 0.1) is 0 Å². The molecular weight excluding hydrogens is 370 g/mol. The highest BCUT2D eigenvalue weighted by Gasteiger charge is 2.18. The summed E-state index contributed by atoms with van der Waals surface area (Å²) in [6.45, 7) is 3.71. The van der Waals surface area contributed by atoms with Gasteiger partial charge < -0.3 is 10.1 Å². The summed E-state index contributed by atoms with van der Waals surface area (Å²) < 4.78 is 6.25. The third-order valence-electron chi connectivity index (χ3n) is 4.86. The molecule has 1 atom stereocenters. The molecule has 3 rings (SSSR count). The van der Waals surface area contributed by atoms with E-state index in [9.17, 15) is 14.4 Å². The molecule has 7 nitrogen and oxygen atoms in total. The molecule has 1 heterocycles. The van der Waals surface area contributed by atoms with Gasteiger partial charge in [-0.3, -0.25) is 9.59 Å². The van der Waals surface area contributed by atoms with Crippen molar-refractivity contribution in [2.24, 2.45) is 7.05 Å². The van der Waals surface area contributed by atoms with E-state index in [1.54, 1.807) is 24.3 Å². The number of carbonyl (C=O) groups excluding carboxylic acids is 2. The number of rotatable bonds is 6. The quantitative estimate of drug-likeness (QED) is 0.649. The number of aromatic nitrogens is 2. The second kappa shape index (κ2) is 8.68. The Hall–Kier alpha value is -3.48. The van der Waals surface area contributed by atoms with E-state index < -0.39 is 18.5 Å². The number of hydrogen-bond acceptors (Lipinski definition) is 5. The molecule has 1 amide bonds. The number of aryl methyl sites for hydroxylation is 1. The summed E-state index contributed by atoms with van der Waals surface area (Å²) in [5.41, 5.74) is 1.42. The minimum Gasteiger partial charge on any atom is -0.451 e. The van der Waals surface area contributed by atoms with E-state index in [1.165, 1.54) is 7.05 Å². The molecule has 0 aliphatic carbocycles. The van der Waals surface area contributed by atoms with Crippen molar-refractivity contribution in [3.63, 3.8) is 0 Å². The number of benzene rings is 2. The van der Waals surface area contributed by atoms with Gasteiger partial charge in [0, 0.05) is 18.1 Å². The summed E-state index contributed by atoms with van der Waals surface area (Å²) in [4.78, 5) is 37.0. The van der Waals surface area contributed by atoms with Crippen LogP contribution in [0.1, 0.15) is 42.2 Å². The monoisotopic (exact) mass is 393 g/mol. The van der Waals surface area contributed by atoms with E-state index in [-0.39, 0.29) is 17.2 Å². The van der Waals surface area contributed by atoms with E-state index in [2.05, 4.69) is 24.3 Å². The third kappa shape index (κ3) is 4.34. The average Bonchev–Trinajstić information content (AvgIpc) is 2.74. The van der Waals surface area contributed by atoms with Crippen molar-refractivity contribution >= 4 is 28.3 Å². The first-order valence-electron chi connectivity index (χ1n) is 9.44. The lowest BCUT2D eigenvalue weighted by molar-refractivity contribution is -0.119. The van der Waals surface area contributed by atoms with Crippen molar-refractivity contribution in [3.8, 4) is 0 Å². The standard InChI is InChI=1S/C22H23N3O4/c1-4-14(2)15-9-7-8-12-18(15)23-19(26)13-29-22(28)20-16-10-5-6-11-17(16)21(27)25(3)24-20/h5-12,14H,4,13H2,1-3H3,(H,23,26)/t14-/m1/s1. The Morgan fingerprint density at radius 2 is 1.76 bits per heavy atom. The minimum absolute atomic E-state index is 0.00416. The van der Waals surface area contributed by atoms with Crippen LogP contribution in [-0.4, -0.2) is 28.3 Å². The average molecular weight is 393 g/mol. The zero-order valence-electron chi connectivity index (χ0n) is 16.6. The summed E-state index contributed by atoms with van der Waals surface area (Å²) in [5.74, 6) is -0.916. The number of hydrogen-bond donors (Lipinski definition) is 1. The zero-order chi connectivity index (χ0) is 21.0. The Kier molecular flexibility index (Phi) is 6.07. The molecule has 3 aromatic rings. The van der Waals surface area contributed by atoms with E-state index in [4.69, 9.17) is 4.74 Å². The fourth-order valence-electron chi connectivity index (χ4n) is 3.10. The third-order valence-corrected chi connectivity index (χ3v) is 4.86. The topological polar surface area (TPSA) is 90.3 Å². The first kappa shape index (κ1) is 20.3. The number of fused-ring (bicyclic) bond motifs is 1. The molecule has 0 saturated carbocycles. The van der Waals surface area contributed by atoms with Crippen molar-refractivity contribution in [1.82, 2.24) is 9.78 Å². The van der Waals surface area contributed by atoms with E-state index in [0.29, 0.717) is 16.5 Å². The number of nitrogens with one attached hydrogen (secondary N) is 1. The Morgan fingerprint density at radius 1 is 1.10 bits per heavy atom. The maximum absolute atomic E-state index is 12.5. The van der Waals surface area contributed by atoms with Gasteiger partial charge in [0.1, 0.15) is 0 Å². The van der Waals surface area contributed by atoms with Crippen LogP contribution in [0.4, 0.5) is 5.69 Å². The molecule has 1 N–H and O–H groups in total. The number of ether oxygens (including phenoxy) is 1. The predicted octanol–water partition coefficient (Wildman–Crippen LogP) is 3.24. The van der Waals surface area contributed by atoms with Crippen LogP contribution in [0.3, 0.4) is 0 Å². The molecule has 0 radical (unpaired) electrons. The Bertz CT molecular complexity index is 1120. The summed E-state index contributed by atoms with van der Waals surface area (Å²) in [5, 5.41) is 7.56. The fraction of sp³-hybridized carbons (Fsp3) is 0.273. The van der Waals surface area contributed by atoms with Crippen molar-refractivity contribution in [2.45, 2.75) is 26.2 Å². The number of carbonyl (C=O) groups is 2. The van der Waals surface area contributed by atoms with Crippen LogP contribution in [0.2, 0.25) is 0 Å². The summed E-state index contributed by atoms with van der Waals surface area (Å²) in [6, 6.07) is 14.2. The van der Waals surface area contributed by atoms with Gasteiger partial charge in [-0.25, -0.2) is 9.48 Å². The normalized spacial score (nSPS) is 11.8. The van der Waals surface area contributed by atoms with Gasteiger partial charge in [-0.2, -0.15) is 5.10 Å². The van der Waals surface area contributed by atoms with E-state index in [1.807, 2.05) is 24.3 Å². The van der Waals surface area contributed by atoms with Gasteiger partial charge in [-0.05, 0) is 30.0 Å². The maximum Gasteiger partial charge on any atom is 0.359 e. The molecule has 0 aliphatic heterocycles. The van der Waals surface area contributed by atoms with Crippen molar-refractivity contribution in [1.29, 1.82) is 0 Å². The second-order valence-electron chi connectivity index (χ2n) is 6.84. The van der Waals surface area contributed by atoms with E-state index in [0.717, 1.165) is 16.7 Å². The summed E-state index contributed by atoms with van der Waals surface area (Å²) >= 11 is 0. The van der Waals surface area contributed by atoms with Gasteiger partial charge in [0.2, 0.25) is 0 Å². The summed E-state index contributed by atoms with van der Waals surface area (Å²) in [6.07, 6.45) is 0.938. The Morgan fingerprint density at radius 3 is 2.48 bits per heavy atom. The Labute approximate surface area is 168 Å². The smallest absolute Gasteiger partial charge is 0.359 e. The van der Waals surface area contributed by atoms with Crippen molar-refractivity contribution in [2.75, 3.05) is 11.9 Å². The first-order valence-corrected chi connectivity index (χ1v) is 9.44. The molecule has 0 spiro atoms. The van der Waals surface area contributed by atoms with Crippen molar-refractivity contribution in [3.05, 3.63) is 70.1 Å². The molecule has 0 saturated heterocycles. The number of amides is 1. The van der Waals surface area contributed by atoms with E-state index >= 15 is 0 Å². The lowest BCUT2D eigenvalue weighted by Gasteiger charge is -2.15. The van der Waals surface area contributed by atoms with Crippen LogP contribution in [0.25, 0.3) is 10.8 Å². The Balaban J connectivity index is 1.74. The van der Waals surface area contributed by atoms with Crippen LogP contribution in [0.15, 0.2) is 53.3 Å². The van der Waals surface area contributed by atoms with Crippen LogP contribution in [-0.2, 0) is 16.6 Å². The predicted molar refractivity (Wildman–Crippen MR) is 111 cm³/mol. The number of para-hydroxylation sites is 1.